The molecule has 0 unspecified atom stereocenters. The summed E-state index contributed by atoms with van der Waals surface area (Å²) in [4.78, 5) is 11.0. The van der Waals surface area contributed by atoms with Crippen LogP contribution in [0, 0.1) is 0 Å². The lowest BCUT2D eigenvalue weighted by Crippen LogP contribution is -2.33. The Balaban J connectivity index is 2.66. The number of amides is 1. The molecule has 0 atom stereocenters. The molecule has 1 rings (SSSR count). The van der Waals surface area contributed by atoms with Crippen LogP contribution in [0.15, 0.2) is 29.2 Å². The van der Waals surface area contributed by atoms with Gasteiger partial charge >= 0.3 is 0 Å². The summed E-state index contributed by atoms with van der Waals surface area (Å²) in [6, 6.07) is 5.94. The van der Waals surface area contributed by atoms with E-state index in [0.29, 0.717) is 5.56 Å². The predicted molar refractivity (Wildman–Crippen MR) is 76.2 cm³/mol. The van der Waals surface area contributed by atoms with Gasteiger partial charge in [-0.3, -0.25) is 4.79 Å². The van der Waals surface area contributed by atoms with E-state index >= 15 is 0 Å². The number of carbonyl (C=O) groups excluding carboxylic acids is 1. The molecule has 1 aromatic rings. The second-order valence-electron chi connectivity index (χ2n) is 3.77. The Morgan fingerprint density at radius 1 is 1.26 bits per heavy atom. The van der Waals surface area contributed by atoms with Crippen LogP contribution in [-0.4, -0.2) is 32.4 Å². The number of hydrogen-bond acceptors (Lipinski definition) is 4. The fourth-order valence-corrected chi connectivity index (χ4v) is 2.47. The van der Waals surface area contributed by atoms with Gasteiger partial charge in [-0.15, -0.1) is 0 Å². The molecule has 0 heterocycles. The van der Waals surface area contributed by atoms with E-state index in [9.17, 15) is 13.2 Å². The zero-order valence-electron chi connectivity index (χ0n) is 10.3. The average Bonchev–Trinajstić information content (AvgIpc) is 2.34. The summed E-state index contributed by atoms with van der Waals surface area (Å²) in [7, 11) is -3.59. The van der Waals surface area contributed by atoms with Gasteiger partial charge in [-0.05, 0) is 12.1 Å². The van der Waals surface area contributed by atoms with Crippen LogP contribution in [0.25, 0.3) is 0 Å². The first-order valence-corrected chi connectivity index (χ1v) is 7.36. The molecule has 0 saturated heterocycles. The van der Waals surface area contributed by atoms with E-state index in [0.717, 1.165) is 0 Å². The van der Waals surface area contributed by atoms with E-state index in [4.69, 9.17) is 18.0 Å². The van der Waals surface area contributed by atoms with E-state index in [1.54, 1.807) is 12.1 Å². The van der Waals surface area contributed by atoms with Crippen LogP contribution in [0.5, 0.6) is 0 Å². The molecule has 0 aromatic heterocycles. The standard InChI is InChI=1S/C11H15N3O3S2/c1-8(15)13-6-7-14-19(16,17)10-4-2-9(3-5-10)11(12)18/h2-5,14H,6-7H2,1H3,(H2,12,18)(H,13,15). The Hall–Kier alpha value is -1.51. The maximum Gasteiger partial charge on any atom is 0.240 e. The van der Waals surface area contributed by atoms with E-state index < -0.39 is 10.0 Å². The number of carbonyl (C=O) groups is 1. The van der Waals surface area contributed by atoms with Crippen molar-refractivity contribution in [2.45, 2.75) is 11.8 Å². The normalized spacial score (nSPS) is 11.0. The molecule has 6 nitrogen and oxygen atoms in total. The minimum atomic E-state index is -3.59. The minimum absolute atomic E-state index is 0.121. The Bertz CT molecular complexity index is 567. The summed E-state index contributed by atoms with van der Waals surface area (Å²) in [5, 5.41) is 2.49. The number of hydrogen-bond donors (Lipinski definition) is 3. The first-order valence-electron chi connectivity index (χ1n) is 5.47. The van der Waals surface area contributed by atoms with Gasteiger partial charge < -0.3 is 11.1 Å². The lowest BCUT2D eigenvalue weighted by Gasteiger charge is -2.07. The van der Waals surface area contributed by atoms with E-state index in [2.05, 4.69) is 10.0 Å². The van der Waals surface area contributed by atoms with Crippen LogP contribution >= 0.6 is 12.2 Å². The first-order chi connectivity index (χ1) is 8.83. The van der Waals surface area contributed by atoms with E-state index in [1.807, 2.05) is 0 Å². The smallest absolute Gasteiger partial charge is 0.240 e. The highest BCUT2D eigenvalue weighted by atomic mass is 32.2. The van der Waals surface area contributed by atoms with Gasteiger partial charge in [0.25, 0.3) is 0 Å². The Kier molecular flexibility index (Phi) is 5.40. The molecule has 104 valence electrons. The Morgan fingerprint density at radius 2 is 1.84 bits per heavy atom. The number of nitrogens with two attached hydrogens (primary N) is 1. The molecule has 1 aromatic carbocycles. The van der Waals surface area contributed by atoms with Gasteiger partial charge in [-0.2, -0.15) is 0 Å². The molecule has 1 amide bonds. The Labute approximate surface area is 117 Å². The molecule has 0 fully saturated rings. The molecular weight excluding hydrogens is 286 g/mol. The molecular formula is C11H15N3O3S2. The third kappa shape index (κ3) is 4.93. The maximum atomic E-state index is 11.9. The third-order valence-electron chi connectivity index (χ3n) is 2.24. The van der Waals surface area contributed by atoms with Crippen LogP contribution in [0.4, 0.5) is 0 Å². The van der Waals surface area contributed by atoms with Crippen molar-refractivity contribution in [2.24, 2.45) is 5.73 Å². The average molecular weight is 301 g/mol. The van der Waals surface area contributed by atoms with Gasteiger partial charge in [0.2, 0.25) is 15.9 Å². The lowest BCUT2D eigenvalue weighted by molar-refractivity contribution is -0.118. The van der Waals surface area contributed by atoms with Crippen molar-refractivity contribution in [2.75, 3.05) is 13.1 Å². The molecule has 8 heteroatoms. The SMILES string of the molecule is CC(=O)NCCNS(=O)(=O)c1ccc(C(N)=S)cc1. The fourth-order valence-electron chi connectivity index (χ4n) is 1.31. The van der Waals surface area contributed by atoms with Crippen LogP contribution < -0.4 is 15.8 Å². The van der Waals surface area contributed by atoms with E-state index in [-0.39, 0.29) is 28.9 Å². The minimum Gasteiger partial charge on any atom is -0.389 e. The molecule has 0 bridgehead atoms. The summed E-state index contributed by atoms with van der Waals surface area (Å²) >= 11 is 4.78. The quantitative estimate of drug-likeness (QED) is 0.496. The number of sulfonamides is 1. The number of thiocarbonyl (C=S) groups is 1. The van der Waals surface area contributed by atoms with Crippen LogP contribution in [0.2, 0.25) is 0 Å². The summed E-state index contributed by atoms with van der Waals surface area (Å²) in [5.41, 5.74) is 6.03. The van der Waals surface area contributed by atoms with Gasteiger partial charge in [-0.1, -0.05) is 24.4 Å². The van der Waals surface area contributed by atoms with Crippen molar-refractivity contribution in [1.82, 2.24) is 10.0 Å². The van der Waals surface area contributed by atoms with Gasteiger partial charge in [-0.25, -0.2) is 13.1 Å². The molecule has 0 aliphatic heterocycles. The number of benzene rings is 1. The second-order valence-corrected chi connectivity index (χ2v) is 5.98. The van der Waals surface area contributed by atoms with Crippen LogP contribution in [-0.2, 0) is 14.8 Å². The molecule has 0 spiro atoms. The van der Waals surface area contributed by atoms with Crippen LogP contribution in [0.1, 0.15) is 12.5 Å². The molecule has 0 aliphatic carbocycles. The zero-order valence-corrected chi connectivity index (χ0v) is 12.0. The zero-order chi connectivity index (χ0) is 14.5. The van der Waals surface area contributed by atoms with Gasteiger partial charge in [0, 0.05) is 25.6 Å². The monoisotopic (exact) mass is 301 g/mol. The maximum absolute atomic E-state index is 11.9. The van der Waals surface area contributed by atoms with Gasteiger partial charge in [0.15, 0.2) is 0 Å². The topological polar surface area (TPSA) is 101 Å². The predicted octanol–water partition coefficient (Wildman–Crippen LogP) is -0.265. The van der Waals surface area contributed by atoms with Crippen molar-refractivity contribution < 1.29 is 13.2 Å². The summed E-state index contributed by atoms with van der Waals surface area (Å²) in [5.74, 6) is -0.208. The third-order valence-corrected chi connectivity index (χ3v) is 3.95. The van der Waals surface area contributed by atoms with Crippen molar-refractivity contribution in [1.29, 1.82) is 0 Å². The Morgan fingerprint density at radius 3 is 2.32 bits per heavy atom. The van der Waals surface area contributed by atoms with Gasteiger partial charge in [0.05, 0.1) is 4.90 Å². The summed E-state index contributed by atoms with van der Waals surface area (Å²) < 4.78 is 26.1. The molecule has 0 saturated carbocycles. The number of nitrogens with one attached hydrogen (secondary N) is 2. The molecule has 0 aliphatic rings. The molecule has 0 radical (unpaired) electrons. The largest absolute Gasteiger partial charge is 0.389 e. The number of rotatable bonds is 6. The van der Waals surface area contributed by atoms with Crippen molar-refractivity contribution in [3.63, 3.8) is 0 Å². The van der Waals surface area contributed by atoms with Crippen molar-refractivity contribution >= 4 is 33.1 Å². The fraction of sp³-hybridized carbons (Fsp3) is 0.273. The lowest BCUT2D eigenvalue weighted by atomic mass is 10.2. The first kappa shape index (κ1) is 15.5. The summed E-state index contributed by atoms with van der Waals surface area (Å²) in [6.07, 6.45) is 0. The van der Waals surface area contributed by atoms with Gasteiger partial charge in [0.1, 0.15) is 4.99 Å². The highest BCUT2D eigenvalue weighted by Gasteiger charge is 2.13. The highest BCUT2D eigenvalue weighted by molar-refractivity contribution is 7.89. The summed E-state index contributed by atoms with van der Waals surface area (Å²) in [6.45, 7) is 1.72. The van der Waals surface area contributed by atoms with E-state index in [1.165, 1.54) is 19.1 Å². The van der Waals surface area contributed by atoms with Crippen LogP contribution in [0.3, 0.4) is 0 Å². The second kappa shape index (κ2) is 6.60. The molecule has 4 N–H and O–H groups in total. The van der Waals surface area contributed by atoms with Crippen molar-refractivity contribution in [3.05, 3.63) is 29.8 Å². The molecule has 19 heavy (non-hydrogen) atoms. The highest BCUT2D eigenvalue weighted by Crippen LogP contribution is 2.10. The van der Waals surface area contributed by atoms with Crippen molar-refractivity contribution in [3.8, 4) is 0 Å².